The second kappa shape index (κ2) is 2.69. The van der Waals surface area contributed by atoms with Crippen LogP contribution in [0.15, 0.2) is 24.7 Å². The Morgan fingerprint density at radius 1 is 1.46 bits per heavy atom. The molecule has 2 heterocycles. The molecule has 0 saturated carbocycles. The van der Waals surface area contributed by atoms with E-state index in [0.717, 1.165) is 4.68 Å². The van der Waals surface area contributed by atoms with E-state index < -0.39 is 6.43 Å². The molecule has 2 rings (SSSR count). The minimum absolute atomic E-state index is 0.0556. The largest absolute Gasteiger partial charge is 0.339 e. The lowest BCUT2D eigenvalue weighted by atomic mass is 10.2. The van der Waals surface area contributed by atoms with Gasteiger partial charge in [-0.05, 0) is 6.07 Å². The maximum absolute atomic E-state index is 12.4. The van der Waals surface area contributed by atoms with Gasteiger partial charge in [-0.3, -0.25) is 9.66 Å². The van der Waals surface area contributed by atoms with Crippen LogP contribution in [0.25, 0.3) is 10.9 Å². The first kappa shape index (κ1) is 7.97. The summed E-state index contributed by atoms with van der Waals surface area (Å²) in [6.45, 7) is 0. The van der Waals surface area contributed by atoms with Crippen molar-refractivity contribution in [3.05, 3.63) is 30.2 Å². The minimum Gasteiger partial charge on any atom is -0.339 e. The number of hydrogen-bond donors (Lipinski definition) is 1. The molecule has 5 heteroatoms. The predicted molar refractivity (Wildman–Crippen MR) is 44.8 cm³/mol. The predicted octanol–water partition coefficient (Wildman–Crippen LogP) is 1.69. The highest BCUT2D eigenvalue weighted by molar-refractivity contribution is 5.83. The molecule has 2 aromatic heterocycles. The smallest absolute Gasteiger partial charge is 0.265 e. The first-order chi connectivity index (χ1) is 6.20. The number of aromatic nitrogens is 2. The van der Waals surface area contributed by atoms with E-state index in [1.807, 2.05) is 0 Å². The first-order valence-electron chi connectivity index (χ1n) is 3.68. The quantitative estimate of drug-likeness (QED) is 0.683. The van der Waals surface area contributed by atoms with Gasteiger partial charge in [0.1, 0.15) is 0 Å². The Morgan fingerprint density at radius 2 is 2.23 bits per heavy atom. The number of nitrogen functional groups attached to an aromatic ring is 1. The van der Waals surface area contributed by atoms with Crippen LogP contribution in [0, 0.1) is 0 Å². The zero-order chi connectivity index (χ0) is 9.42. The topological polar surface area (TPSA) is 43.8 Å². The van der Waals surface area contributed by atoms with Crippen LogP contribution in [0.3, 0.4) is 0 Å². The van der Waals surface area contributed by atoms with Crippen LogP contribution in [-0.2, 0) is 0 Å². The molecule has 13 heavy (non-hydrogen) atoms. The van der Waals surface area contributed by atoms with Crippen LogP contribution in [0.1, 0.15) is 12.0 Å². The van der Waals surface area contributed by atoms with Crippen molar-refractivity contribution in [2.75, 3.05) is 5.84 Å². The highest BCUT2D eigenvalue weighted by atomic mass is 19.3. The van der Waals surface area contributed by atoms with Crippen LogP contribution in [0.4, 0.5) is 8.78 Å². The molecule has 0 saturated heterocycles. The van der Waals surface area contributed by atoms with Crippen molar-refractivity contribution in [1.29, 1.82) is 0 Å². The van der Waals surface area contributed by atoms with Crippen molar-refractivity contribution in [3.8, 4) is 0 Å². The zero-order valence-electron chi connectivity index (χ0n) is 6.61. The molecule has 0 aliphatic carbocycles. The van der Waals surface area contributed by atoms with Gasteiger partial charge in [-0.1, -0.05) is 0 Å². The van der Waals surface area contributed by atoms with Gasteiger partial charge in [0.05, 0.1) is 11.7 Å². The van der Waals surface area contributed by atoms with Gasteiger partial charge in [-0.15, -0.1) is 0 Å². The molecule has 2 aromatic rings. The molecule has 0 aromatic carbocycles. The van der Waals surface area contributed by atoms with Crippen LogP contribution in [0.2, 0.25) is 0 Å². The third kappa shape index (κ3) is 1.12. The van der Waals surface area contributed by atoms with Crippen molar-refractivity contribution >= 4 is 10.9 Å². The number of nitrogens with zero attached hydrogens (tertiary/aromatic N) is 2. The summed E-state index contributed by atoms with van der Waals surface area (Å²) in [7, 11) is 0. The molecule has 0 amide bonds. The molecule has 3 nitrogen and oxygen atoms in total. The summed E-state index contributed by atoms with van der Waals surface area (Å²) in [5, 5.41) is 0.451. The van der Waals surface area contributed by atoms with Gasteiger partial charge in [0.25, 0.3) is 6.43 Å². The fraction of sp³-hybridized carbons (Fsp3) is 0.125. The number of rotatable bonds is 1. The molecule has 0 fully saturated rings. The summed E-state index contributed by atoms with van der Waals surface area (Å²) in [4.78, 5) is 3.80. The van der Waals surface area contributed by atoms with Gasteiger partial charge in [-0.2, -0.15) is 0 Å². The lowest BCUT2D eigenvalue weighted by molar-refractivity contribution is 0.153. The van der Waals surface area contributed by atoms with Gasteiger partial charge < -0.3 is 5.84 Å². The molecule has 0 radical (unpaired) electrons. The van der Waals surface area contributed by atoms with Crippen molar-refractivity contribution in [3.63, 3.8) is 0 Å². The SMILES string of the molecule is Nn1cc(C(F)F)c2ccncc21. The van der Waals surface area contributed by atoms with E-state index >= 15 is 0 Å². The molecule has 0 spiro atoms. The summed E-state index contributed by atoms with van der Waals surface area (Å²) in [6.07, 6.45) is 1.64. The number of fused-ring (bicyclic) bond motifs is 1. The molecule has 0 bridgehead atoms. The third-order valence-corrected chi connectivity index (χ3v) is 1.90. The van der Waals surface area contributed by atoms with E-state index in [1.54, 1.807) is 0 Å². The average molecular weight is 183 g/mol. The Balaban J connectivity index is 2.78. The standard InChI is InChI=1S/C8H7F2N3/c9-8(10)6-4-13(11)7-3-12-2-1-5(6)7/h1-4,8H,11H2. The van der Waals surface area contributed by atoms with E-state index in [0.29, 0.717) is 10.9 Å². The van der Waals surface area contributed by atoms with Crippen molar-refractivity contribution in [1.82, 2.24) is 9.66 Å². The highest BCUT2D eigenvalue weighted by Gasteiger charge is 2.14. The summed E-state index contributed by atoms with van der Waals surface area (Å²) < 4.78 is 26.0. The Hall–Kier alpha value is -1.65. The highest BCUT2D eigenvalue weighted by Crippen LogP contribution is 2.27. The molecule has 2 N–H and O–H groups in total. The summed E-state index contributed by atoms with van der Waals surface area (Å²) in [6, 6.07) is 1.53. The molecular formula is C8H7F2N3. The van der Waals surface area contributed by atoms with Gasteiger partial charge >= 0.3 is 0 Å². The van der Waals surface area contributed by atoms with Crippen molar-refractivity contribution in [2.45, 2.75) is 6.43 Å². The minimum atomic E-state index is -2.50. The molecule has 0 aliphatic rings. The second-order valence-corrected chi connectivity index (χ2v) is 2.69. The van der Waals surface area contributed by atoms with Gasteiger partial charge in [0, 0.05) is 23.3 Å². The lowest BCUT2D eigenvalue weighted by Crippen LogP contribution is -2.05. The van der Waals surface area contributed by atoms with Crippen molar-refractivity contribution in [2.24, 2.45) is 0 Å². The number of nitrogens with two attached hydrogens (primary N) is 1. The van der Waals surface area contributed by atoms with E-state index in [1.165, 1.54) is 24.7 Å². The van der Waals surface area contributed by atoms with Crippen LogP contribution in [0.5, 0.6) is 0 Å². The zero-order valence-corrected chi connectivity index (χ0v) is 6.61. The van der Waals surface area contributed by atoms with Crippen LogP contribution < -0.4 is 5.84 Å². The number of pyridine rings is 1. The monoisotopic (exact) mass is 183 g/mol. The van der Waals surface area contributed by atoms with Crippen molar-refractivity contribution < 1.29 is 8.78 Å². The maximum atomic E-state index is 12.4. The number of hydrogen-bond acceptors (Lipinski definition) is 2. The third-order valence-electron chi connectivity index (χ3n) is 1.90. The van der Waals surface area contributed by atoms with Crippen LogP contribution in [-0.4, -0.2) is 9.66 Å². The Morgan fingerprint density at radius 3 is 2.92 bits per heavy atom. The van der Waals surface area contributed by atoms with Gasteiger partial charge in [0.2, 0.25) is 0 Å². The number of alkyl halides is 2. The summed E-state index contributed by atoms with van der Waals surface area (Å²) >= 11 is 0. The van der Waals surface area contributed by atoms with Gasteiger partial charge in [0.15, 0.2) is 0 Å². The van der Waals surface area contributed by atoms with E-state index in [9.17, 15) is 8.78 Å². The summed E-state index contributed by atoms with van der Waals surface area (Å²) in [5.74, 6) is 5.46. The average Bonchev–Trinajstić information content (AvgIpc) is 2.45. The lowest BCUT2D eigenvalue weighted by Gasteiger charge is -1.94. The Bertz CT molecular complexity index is 436. The second-order valence-electron chi connectivity index (χ2n) is 2.69. The summed E-state index contributed by atoms with van der Waals surface area (Å²) in [5.41, 5.74) is 0.456. The van der Waals surface area contributed by atoms with E-state index in [-0.39, 0.29) is 5.56 Å². The van der Waals surface area contributed by atoms with Gasteiger partial charge in [-0.25, -0.2) is 8.78 Å². The molecule has 68 valence electrons. The molecule has 0 atom stereocenters. The normalized spacial score (nSPS) is 11.3. The van der Waals surface area contributed by atoms with E-state index in [4.69, 9.17) is 5.84 Å². The fourth-order valence-corrected chi connectivity index (χ4v) is 1.30. The Labute approximate surface area is 72.8 Å². The molecular weight excluding hydrogens is 176 g/mol. The maximum Gasteiger partial charge on any atom is 0.265 e. The molecule has 0 unspecified atom stereocenters. The first-order valence-corrected chi connectivity index (χ1v) is 3.68. The number of halogens is 2. The fourth-order valence-electron chi connectivity index (χ4n) is 1.30. The van der Waals surface area contributed by atoms with Crippen LogP contribution >= 0.6 is 0 Å². The molecule has 0 aliphatic heterocycles. The van der Waals surface area contributed by atoms with E-state index in [2.05, 4.69) is 4.98 Å². The Kier molecular flexibility index (Phi) is 1.65.